The van der Waals surface area contributed by atoms with Gasteiger partial charge in [-0.15, -0.1) is 0 Å². The van der Waals surface area contributed by atoms with E-state index in [1.54, 1.807) is 6.20 Å². The van der Waals surface area contributed by atoms with Gasteiger partial charge in [-0.2, -0.15) is 4.98 Å². The average molecular weight is 353 g/mol. The van der Waals surface area contributed by atoms with Crippen molar-refractivity contribution in [2.24, 2.45) is 0 Å². The van der Waals surface area contributed by atoms with Crippen LogP contribution in [0.25, 0.3) is 0 Å². The maximum absolute atomic E-state index is 6.01. The molecule has 0 bridgehead atoms. The number of halogens is 1. The minimum atomic E-state index is 0.585. The van der Waals surface area contributed by atoms with Gasteiger partial charge >= 0.3 is 0 Å². The predicted octanol–water partition coefficient (Wildman–Crippen LogP) is 5.15. The number of benzene rings is 2. The largest absolute Gasteiger partial charge is 0.370 e. The molecule has 0 saturated carbocycles. The molecule has 1 aromatic heterocycles. The Morgan fingerprint density at radius 2 is 1.92 bits per heavy atom. The summed E-state index contributed by atoms with van der Waals surface area (Å²) in [6, 6.07) is 16.0. The van der Waals surface area contributed by atoms with Gasteiger partial charge in [0.25, 0.3) is 0 Å². The number of anilines is 3. The molecule has 0 spiro atoms. The molecule has 128 valence electrons. The average Bonchev–Trinajstić information content (AvgIpc) is 2.59. The van der Waals surface area contributed by atoms with Crippen LogP contribution in [0.3, 0.4) is 0 Å². The Morgan fingerprint density at radius 3 is 2.76 bits per heavy atom. The van der Waals surface area contributed by atoms with E-state index in [9.17, 15) is 0 Å². The van der Waals surface area contributed by atoms with Crippen LogP contribution >= 0.6 is 11.6 Å². The molecule has 0 saturated heterocycles. The van der Waals surface area contributed by atoms with Gasteiger partial charge < -0.3 is 10.6 Å². The second-order valence-corrected chi connectivity index (χ2v) is 6.45. The lowest BCUT2D eigenvalue weighted by Crippen LogP contribution is -2.08. The van der Waals surface area contributed by atoms with E-state index in [0.717, 1.165) is 35.1 Å². The Kier molecular flexibility index (Phi) is 5.51. The van der Waals surface area contributed by atoms with Crippen LogP contribution in [0.4, 0.5) is 17.5 Å². The third kappa shape index (κ3) is 4.94. The van der Waals surface area contributed by atoms with Crippen molar-refractivity contribution in [3.8, 4) is 0 Å². The number of rotatable bonds is 6. The molecule has 2 N–H and O–H groups in total. The van der Waals surface area contributed by atoms with Crippen molar-refractivity contribution in [3.05, 3.63) is 76.4 Å². The molecule has 0 aliphatic carbocycles. The summed E-state index contributed by atoms with van der Waals surface area (Å²) in [5.41, 5.74) is 4.58. The van der Waals surface area contributed by atoms with E-state index in [4.69, 9.17) is 11.6 Å². The van der Waals surface area contributed by atoms with Crippen LogP contribution in [-0.2, 0) is 6.42 Å². The monoisotopic (exact) mass is 352 g/mol. The number of hydrogen-bond acceptors (Lipinski definition) is 4. The standard InChI is InChI=1S/C20H21ClN4/c1-14-6-7-15(2)18(12-14)24-20-23-11-9-19(25-20)22-10-8-16-4-3-5-17(21)13-16/h3-7,9,11-13H,8,10H2,1-2H3,(H2,22,23,24,25). The molecule has 0 amide bonds. The van der Waals surface area contributed by atoms with Crippen LogP contribution < -0.4 is 10.6 Å². The highest BCUT2D eigenvalue weighted by Gasteiger charge is 2.03. The first-order valence-corrected chi connectivity index (χ1v) is 8.63. The summed E-state index contributed by atoms with van der Waals surface area (Å²) in [5.74, 6) is 1.38. The quantitative estimate of drug-likeness (QED) is 0.644. The van der Waals surface area contributed by atoms with Crippen molar-refractivity contribution in [2.45, 2.75) is 20.3 Å². The third-order valence-electron chi connectivity index (χ3n) is 3.90. The maximum atomic E-state index is 6.01. The SMILES string of the molecule is Cc1ccc(C)c(Nc2nccc(NCCc3cccc(Cl)c3)n2)c1. The molecule has 5 heteroatoms. The highest BCUT2D eigenvalue weighted by atomic mass is 35.5. The zero-order chi connectivity index (χ0) is 17.6. The van der Waals surface area contributed by atoms with Gasteiger partial charge in [0.1, 0.15) is 5.82 Å². The summed E-state index contributed by atoms with van der Waals surface area (Å²) in [6.45, 7) is 4.91. The lowest BCUT2D eigenvalue weighted by Gasteiger charge is -2.11. The first-order valence-electron chi connectivity index (χ1n) is 8.26. The van der Waals surface area contributed by atoms with Gasteiger partial charge in [0.05, 0.1) is 0 Å². The summed E-state index contributed by atoms with van der Waals surface area (Å²) in [6.07, 6.45) is 2.63. The Morgan fingerprint density at radius 1 is 1.04 bits per heavy atom. The van der Waals surface area contributed by atoms with Gasteiger partial charge in [-0.3, -0.25) is 0 Å². The van der Waals surface area contributed by atoms with E-state index >= 15 is 0 Å². The van der Waals surface area contributed by atoms with Gasteiger partial charge in [-0.1, -0.05) is 35.9 Å². The summed E-state index contributed by atoms with van der Waals surface area (Å²) >= 11 is 6.01. The lowest BCUT2D eigenvalue weighted by atomic mass is 10.1. The molecule has 25 heavy (non-hydrogen) atoms. The first kappa shape index (κ1) is 17.2. The third-order valence-corrected chi connectivity index (χ3v) is 4.14. The number of aromatic nitrogens is 2. The van der Waals surface area contributed by atoms with Gasteiger partial charge in [0, 0.05) is 23.5 Å². The lowest BCUT2D eigenvalue weighted by molar-refractivity contribution is 1.00. The van der Waals surface area contributed by atoms with Gasteiger partial charge in [0.15, 0.2) is 0 Å². The molecule has 0 aliphatic rings. The molecular weight excluding hydrogens is 332 g/mol. The molecule has 0 unspecified atom stereocenters. The summed E-state index contributed by atoms with van der Waals surface area (Å²) in [4.78, 5) is 8.83. The summed E-state index contributed by atoms with van der Waals surface area (Å²) in [7, 11) is 0. The van der Waals surface area contributed by atoms with Crippen molar-refractivity contribution in [1.29, 1.82) is 0 Å². The van der Waals surface area contributed by atoms with Crippen LogP contribution in [0.1, 0.15) is 16.7 Å². The van der Waals surface area contributed by atoms with E-state index in [2.05, 4.69) is 58.7 Å². The summed E-state index contributed by atoms with van der Waals surface area (Å²) in [5, 5.41) is 7.38. The van der Waals surface area contributed by atoms with Crippen LogP contribution in [0.5, 0.6) is 0 Å². The second kappa shape index (κ2) is 7.99. The Hall–Kier alpha value is -2.59. The van der Waals surface area contributed by atoms with E-state index < -0.39 is 0 Å². The van der Waals surface area contributed by atoms with Crippen molar-refractivity contribution in [1.82, 2.24) is 9.97 Å². The smallest absolute Gasteiger partial charge is 0.229 e. The van der Waals surface area contributed by atoms with Crippen LogP contribution in [0, 0.1) is 13.8 Å². The van der Waals surface area contributed by atoms with E-state index in [1.165, 1.54) is 11.1 Å². The van der Waals surface area contributed by atoms with Gasteiger partial charge in [0.2, 0.25) is 5.95 Å². The van der Waals surface area contributed by atoms with Gasteiger partial charge in [-0.05, 0) is 61.2 Å². The number of hydrogen-bond donors (Lipinski definition) is 2. The van der Waals surface area contributed by atoms with Crippen LogP contribution in [-0.4, -0.2) is 16.5 Å². The Labute approximate surface area is 153 Å². The van der Waals surface area contributed by atoms with Crippen molar-refractivity contribution >= 4 is 29.1 Å². The van der Waals surface area contributed by atoms with Crippen LogP contribution in [0.15, 0.2) is 54.7 Å². The van der Waals surface area contributed by atoms with E-state index in [0.29, 0.717) is 5.95 Å². The molecule has 3 rings (SSSR count). The fourth-order valence-electron chi connectivity index (χ4n) is 2.54. The highest BCUT2D eigenvalue weighted by Crippen LogP contribution is 2.20. The Balaban J connectivity index is 1.62. The molecule has 1 heterocycles. The normalized spacial score (nSPS) is 10.5. The number of nitrogens with one attached hydrogen (secondary N) is 2. The molecular formula is C20H21ClN4. The first-order chi connectivity index (χ1) is 12.1. The number of nitrogens with zero attached hydrogens (tertiary/aromatic N) is 2. The topological polar surface area (TPSA) is 49.8 Å². The predicted molar refractivity (Wildman–Crippen MR) is 105 cm³/mol. The van der Waals surface area contributed by atoms with E-state index in [1.807, 2.05) is 24.3 Å². The fraction of sp³-hybridized carbons (Fsp3) is 0.200. The second-order valence-electron chi connectivity index (χ2n) is 6.02. The van der Waals surface area contributed by atoms with Gasteiger partial charge in [-0.25, -0.2) is 4.98 Å². The zero-order valence-corrected chi connectivity index (χ0v) is 15.1. The fourth-order valence-corrected chi connectivity index (χ4v) is 2.75. The van der Waals surface area contributed by atoms with Crippen molar-refractivity contribution < 1.29 is 0 Å². The molecule has 0 aliphatic heterocycles. The van der Waals surface area contributed by atoms with Crippen LogP contribution in [0.2, 0.25) is 5.02 Å². The van der Waals surface area contributed by atoms with Crippen molar-refractivity contribution in [3.63, 3.8) is 0 Å². The zero-order valence-electron chi connectivity index (χ0n) is 14.4. The molecule has 0 fully saturated rings. The molecule has 2 aromatic carbocycles. The summed E-state index contributed by atoms with van der Waals surface area (Å²) < 4.78 is 0. The minimum absolute atomic E-state index is 0.585. The maximum Gasteiger partial charge on any atom is 0.229 e. The highest BCUT2D eigenvalue weighted by molar-refractivity contribution is 6.30. The van der Waals surface area contributed by atoms with E-state index in [-0.39, 0.29) is 0 Å². The molecule has 0 atom stereocenters. The molecule has 0 radical (unpaired) electrons. The van der Waals surface area contributed by atoms with Crippen molar-refractivity contribution in [2.75, 3.05) is 17.2 Å². The molecule has 3 aromatic rings. The minimum Gasteiger partial charge on any atom is -0.370 e. The number of aryl methyl sites for hydroxylation is 2. The Bertz CT molecular complexity index is 864. The molecule has 4 nitrogen and oxygen atoms in total.